The molecule has 1 spiro atoms. The molecule has 2 aliphatic heterocycles. The fraction of sp³-hybridized carbons (Fsp3) is 0.385. The molecule has 2 aliphatic rings. The Bertz CT molecular complexity index is 741. The maximum atomic E-state index is 12.6. The van der Waals surface area contributed by atoms with E-state index in [-0.39, 0.29) is 30.8 Å². The molecule has 0 saturated carbocycles. The van der Waals surface area contributed by atoms with Gasteiger partial charge < -0.3 is 5.32 Å². The molecule has 2 heterocycles. The molecule has 9 heteroatoms. The van der Waals surface area contributed by atoms with Crippen LogP contribution in [0.1, 0.15) is 12.8 Å². The van der Waals surface area contributed by atoms with Gasteiger partial charge in [-0.25, -0.2) is 13.2 Å². The first-order valence-corrected chi connectivity index (χ1v) is 8.55. The maximum Gasteiger partial charge on any atom is 0.322 e. The third-order valence-electron chi connectivity index (χ3n) is 4.02. The number of urea groups is 1. The number of piperidine rings is 1. The lowest BCUT2D eigenvalue weighted by molar-refractivity contribution is -0.125. The van der Waals surface area contributed by atoms with Crippen LogP contribution in [0.3, 0.4) is 0 Å². The lowest BCUT2D eigenvalue weighted by Crippen LogP contribution is -2.55. The van der Waals surface area contributed by atoms with Gasteiger partial charge in [-0.1, -0.05) is 17.7 Å². The Morgan fingerprint density at radius 2 is 1.86 bits per heavy atom. The molecule has 0 aliphatic carbocycles. The predicted molar refractivity (Wildman–Crippen MR) is 78.9 cm³/mol. The van der Waals surface area contributed by atoms with Crippen molar-refractivity contribution in [1.29, 1.82) is 0 Å². The summed E-state index contributed by atoms with van der Waals surface area (Å²) in [6.45, 7) is 0.311. The molecule has 2 saturated heterocycles. The molecule has 1 aromatic rings. The summed E-state index contributed by atoms with van der Waals surface area (Å²) in [7, 11) is -3.66. The van der Waals surface area contributed by atoms with Crippen molar-refractivity contribution in [1.82, 2.24) is 14.9 Å². The Hall–Kier alpha value is -1.64. The van der Waals surface area contributed by atoms with Crippen LogP contribution in [-0.2, 0) is 14.8 Å². The second kappa shape index (κ2) is 5.22. The summed E-state index contributed by atoms with van der Waals surface area (Å²) in [4.78, 5) is 23.2. The van der Waals surface area contributed by atoms with Gasteiger partial charge in [-0.2, -0.15) is 4.31 Å². The smallest absolute Gasteiger partial charge is 0.322 e. The average Bonchev–Trinajstić information content (AvgIpc) is 2.73. The largest absolute Gasteiger partial charge is 0.323 e. The Morgan fingerprint density at radius 1 is 1.18 bits per heavy atom. The van der Waals surface area contributed by atoms with Crippen molar-refractivity contribution in [2.24, 2.45) is 0 Å². The molecular weight excluding hydrogens is 330 g/mol. The minimum atomic E-state index is -3.66. The summed E-state index contributed by atoms with van der Waals surface area (Å²) in [6, 6.07) is 5.52. The van der Waals surface area contributed by atoms with Crippen LogP contribution in [0, 0.1) is 0 Å². The van der Waals surface area contributed by atoms with Crippen LogP contribution < -0.4 is 10.6 Å². The highest BCUT2D eigenvalue weighted by Gasteiger charge is 2.49. The standard InChI is InChI=1S/C13H14ClN3O4S/c14-9-2-1-3-10(8-9)22(20,21)17-6-4-13(5-7-17)11(18)15-12(19)16-13/h1-3,8H,4-7H2,(H2,15,16,18,19). The van der Waals surface area contributed by atoms with Crippen molar-refractivity contribution in [2.75, 3.05) is 13.1 Å². The van der Waals surface area contributed by atoms with Gasteiger partial charge >= 0.3 is 6.03 Å². The van der Waals surface area contributed by atoms with Crippen molar-refractivity contribution in [3.63, 3.8) is 0 Å². The maximum absolute atomic E-state index is 12.6. The van der Waals surface area contributed by atoms with E-state index in [4.69, 9.17) is 11.6 Å². The summed E-state index contributed by atoms with van der Waals surface area (Å²) < 4.78 is 26.4. The zero-order chi connectivity index (χ0) is 16.0. The summed E-state index contributed by atoms with van der Waals surface area (Å²) in [5.41, 5.74) is -0.989. The van der Waals surface area contributed by atoms with E-state index in [2.05, 4.69) is 10.6 Å². The van der Waals surface area contributed by atoms with Gasteiger partial charge in [0.2, 0.25) is 10.0 Å². The number of halogens is 1. The molecule has 3 amide bonds. The number of nitrogens with zero attached hydrogens (tertiary/aromatic N) is 1. The predicted octanol–water partition coefficient (Wildman–Crippen LogP) is 0.703. The van der Waals surface area contributed by atoms with E-state index in [0.717, 1.165) is 0 Å². The van der Waals surface area contributed by atoms with Crippen LogP contribution in [0.25, 0.3) is 0 Å². The normalized spacial score (nSPS) is 21.7. The van der Waals surface area contributed by atoms with E-state index in [1.54, 1.807) is 12.1 Å². The molecule has 2 fully saturated rings. The molecule has 22 heavy (non-hydrogen) atoms. The number of sulfonamides is 1. The zero-order valence-electron chi connectivity index (χ0n) is 11.5. The first kappa shape index (κ1) is 15.3. The SMILES string of the molecule is O=C1NC(=O)C2(CCN(S(=O)(=O)c3cccc(Cl)c3)CC2)N1. The fourth-order valence-corrected chi connectivity index (χ4v) is 4.51. The van der Waals surface area contributed by atoms with Gasteiger partial charge in [0, 0.05) is 18.1 Å². The number of carbonyl (C=O) groups is 2. The first-order valence-electron chi connectivity index (χ1n) is 6.73. The molecular formula is C13H14ClN3O4S. The topological polar surface area (TPSA) is 95.6 Å². The molecule has 7 nitrogen and oxygen atoms in total. The van der Waals surface area contributed by atoms with E-state index in [1.807, 2.05) is 0 Å². The number of rotatable bonds is 2. The third-order valence-corrected chi connectivity index (χ3v) is 6.15. The number of hydrogen-bond donors (Lipinski definition) is 2. The van der Waals surface area contributed by atoms with Gasteiger partial charge in [0.15, 0.2) is 0 Å². The van der Waals surface area contributed by atoms with Gasteiger partial charge in [-0.05, 0) is 31.0 Å². The highest BCUT2D eigenvalue weighted by Crippen LogP contribution is 2.29. The van der Waals surface area contributed by atoms with E-state index in [1.165, 1.54) is 16.4 Å². The van der Waals surface area contributed by atoms with Crippen LogP contribution >= 0.6 is 11.6 Å². The first-order chi connectivity index (χ1) is 10.3. The summed E-state index contributed by atoms with van der Waals surface area (Å²) >= 11 is 5.84. The number of amides is 3. The van der Waals surface area contributed by atoms with Crippen molar-refractivity contribution < 1.29 is 18.0 Å². The zero-order valence-corrected chi connectivity index (χ0v) is 13.1. The van der Waals surface area contributed by atoms with Crippen LogP contribution in [0.5, 0.6) is 0 Å². The lowest BCUT2D eigenvalue weighted by Gasteiger charge is -2.36. The monoisotopic (exact) mass is 343 g/mol. The van der Waals surface area contributed by atoms with Gasteiger partial charge in [-0.3, -0.25) is 10.1 Å². The molecule has 118 valence electrons. The van der Waals surface area contributed by atoms with E-state index < -0.39 is 27.5 Å². The minimum Gasteiger partial charge on any atom is -0.323 e. The highest BCUT2D eigenvalue weighted by atomic mass is 35.5. The summed E-state index contributed by atoms with van der Waals surface area (Å²) in [5.74, 6) is -0.391. The fourth-order valence-electron chi connectivity index (χ4n) is 2.76. The number of hydrogen-bond acceptors (Lipinski definition) is 4. The van der Waals surface area contributed by atoms with Crippen LogP contribution in [0.2, 0.25) is 5.02 Å². The second-order valence-corrected chi connectivity index (χ2v) is 7.73. The molecule has 3 rings (SSSR count). The second-order valence-electron chi connectivity index (χ2n) is 5.35. The highest BCUT2D eigenvalue weighted by molar-refractivity contribution is 7.89. The van der Waals surface area contributed by atoms with Crippen LogP contribution in [0.4, 0.5) is 4.79 Å². The van der Waals surface area contributed by atoms with Gasteiger partial charge in [0.25, 0.3) is 5.91 Å². The van der Waals surface area contributed by atoms with E-state index in [0.29, 0.717) is 5.02 Å². The summed E-state index contributed by atoms with van der Waals surface area (Å²) in [6.07, 6.45) is 0.481. The van der Waals surface area contributed by atoms with Crippen LogP contribution in [-0.4, -0.2) is 43.3 Å². The Balaban J connectivity index is 1.79. The molecule has 0 radical (unpaired) electrons. The molecule has 0 unspecified atom stereocenters. The number of carbonyl (C=O) groups excluding carboxylic acids is 2. The molecule has 1 aromatic carbocycles. The van der Waals surface area contributed by atoms with Crippen molar-refractivity contribution in [2.45, 2.75) is 23.3 Å². The van der Waals surface area contributed by atoms with E-state index in [9.17, 15) is 18.0 Å². The Kier molecular flexibility index (Phi) is 3.62. The number of nitrogens with one attached hydrogen (secondary N) is 2. The molecule has 2 N–H and O–H groups in total. The van der Waals surface area contributed by atoms with Gasteiger partial charge in [0.05, 0.1) is 4.90 Å². The lowest BCUT2D eigenvalue weighted by atomic mass is 9.89. The van der Waals surface area contributed by atoms with Crippen LogP contribution in [0.15, 0.2) is 29.2 Å². The quantitative estimate of drug-likeness (QED) is 0.773. The third kappa shape index (κ3) is 2.47. The summed E-state index contributed by atoms with van der Waals surface area (Å²) in [5, 5.41) is 5.14. The van der Waals surface area contributed by atoms with Crippen molar-refractivity contribution in [3.05, 3.63) is 29.3 Å². The Labute approximate surface area is 132 Å². The minimum absolute atomic E-state index is 0.121. The molecule has 0 bridgehead atoms. The number of imide groups is 1. The van der Waals surface area contributed by atoms with Gasteiger partial charge in [0.1, 0.15) is 5.54 Å². The average molecular weight is 344 g/mol. The van der Waals surface area contributed by atoms with Crippen molar-refractivity contribution >= 4 is 33.6 Å². The number of benzene rings is 1. The Morgan fingerprint density at radius 3 is 2.41 bits per heavy atom. The molecule has 0 atom stereocenters. The molecule has 0 aromatic heterocycles. The van der Waals surface area contributed by atoms with Gasteiger partial charge in [-0.15, -0.1) is 0 Å². The van der Waals surface area contributed by atoms with E-state index >= 15 is 0 Å². The van der Waals surface area contributed by atoms with Crippen molar-refractivity contribution in [3.8, 4) is 0 Å².